The molecule has 1 aliphatic carbocycles. The third-order valence-corrected chi connectivity index (χ3v) is 4.82. The molecule has 6 nitrogen and oxygen atoms in total. The van der Waals surface area contributed by atoms with E-state index in [4.69, 9.17) is 0 Å². The summed E-state index contributed by atoms with van der Waals surface area (Å²) in [6, 6.07) is 9.03. The lowest BCUT2D eigenvalue weighted by molar-refractivity contribution is 0.0927. The van der Waals surface area contributed by atoms with Crippen LogP contribution in [0.4, 0.5) is 11.6 Å². The van der Waals surface area contributed by atoms with Gasteiger partial charge in [0.05, 0.1) is 0 Å². The Bertz CT molecular complexity index is 809. The van der Waals surface area contributed by atoms with Crippen LogP contribution >= 0.6 is 0 Å². The number of rotatable bonds is 5. The number of carbonyl (C=O) groups is 2. The maximum Gasteiger partial charge on any atom is 0.270 e. The van der Waals surface area contributed by atoms with Gasteiger partial charge in [0.15, 0.2) is 5.78 Å². The van der Waals surface area contributed by atoms with Gasteiger partial charge in [-0.05, 0) is 57.0 Å². The van der Waals surface area contributed by atoms with Gasteiger partial charge in [-0.3, -0.25) is 9.59 Å². The molecule has 1 heterocycles. The molecule has 1 amide bonds. The minimum atomic E-state index is -0.151. The van der Waals surface area contributed by atoms with Gasteiger partial charge in [-0.2, -0.15) is 0 Å². The normalized spacial score (nSPS) is 15.0. The van der Waals surface area contributed by atoms with E-state index in [2.05, 4.69) is 20.6 Å². The molecule has 0 bridgehead atoms. The second-order valence-electron chi connectivity index (χ2n) is 7.14. The predicted molar refractivity (Wildman–Crippen MR) is 105 cm³/mol. The van der Waals surface area contributed by atoms with Crippen LogP contribution in [0.1, 0.15) is 72.0 Å². The molecule has 0 radical (unpaired) electrons. The van der Waals surface area contributed by atoms with Gasteiger partial charge in [0.2, 0.25) is 5.95 Å². The summed E-state index contributed by atoms with van der Waals surface area (Å²) >= 11 is 0. The van der Waals surface area contributed by atoms with Gasteiger partial charge < -0.3 is 10.6 Å². The Kier molecular flexibility index (Phi) is 6.16. The molecule has 27 heavy (non-hydrogen) atoms. The Morgan fingerprint density at radius 2 is 1.67 bits per heavy atom. The Balaban J connectivity index is 1.71. The van der Waals surface area contributed by atoms with Gasteiger partial charge >= 0.3 is 0 Å². The van der Waals surface area contributed by atoms with E-state index >= 15 is 0 Å². The Morgan fingerprint density at radius 3 is 2.30 bits per heavy atom. The summed E-state index contributed by atoms with van der Waals surface area (Å²) in [5.41, 5.74) is 2.50. The fraction of sp³-hybridized carbons (Fsp3) is 0.429. The smallest absolute Gasteiger partial charge is 0.270 e. The van der Waals surface area contributed by atoms with Crippen LogP contribution < -0.4 is 10.6 Å². The number of ketones is 1. The number of aromatic nitrogens is 2. The Hall–Kier alpha value is -2.76. The van der Waals surface area contributed by atoms with Crippen LogP contribution in [0.25, 0.3) is 0 Å². The second kappa shape index (κ2) is 8.75. The molecule has 1 aromatic carbocycles. The van der Waals surface area contributed by atoms with Crippen molar-refractivity contribution < 1.29 is 9.59 Å². The summed E-state index contributed by atoms with van der Waals surface area (Å²) in [5, 5.41) is 6.23. The number of anilines is 2. The van der Waals surface area contributed by atoms with E-state index in [9.17, 15) is 9.59 Å². The zero-order valence-electron chi connectivity index (χ0n) is 15.9. The fourth-order valence-electron chi connectivity index (χ4n) is 3.34. The van der Waals surface area contributed by atoms with E-state index in [0.29, 0.717) is 17.2 Å². The zero-order chi connectivity index (χ0) is 19.2. The van der Waals surface area contributed by atoms with Crippen LogP contribution in [0, 0.1) is 6.92 Å². The van der Waals surface area contributed by atoms with Gasteiger partial charge in [0, 0.05) is 23.0 Å². The highest BCUT2D eigenvalue weighted by molar-refractivity contribution is 5.94. The third-order valence-electron chi connectivity index (χ3n) is 4.82. The van der Waals surface area contributed by atoms with Gasteiger partial charge in [-0.25, -0.2) is 9.97 Å². The number of nitrogens with zero attached hydrogens (tertiary/aromatic N) is 2. The highest BCUT2D eigenvalue weighted by Gasteiger charge is 2.17. The number of aryl methyl sites for hydroxylation is 1. The van der Waals surface area contributed by atoms with Crippen molar-refractivity contribution in [1.82, 2.24) is 15.3 Å². The lowest BCUT2D eigenvalue weighted by Crippen LogP contribution is -2.35. The van der Waals surface area contributed by atoms with Crippen molar-refractivity contribution in [1.29, 1.82) is 0 Å². The first-order chi connectivity index (χ1) is 13.0. The monoisotopic (exact) mass is 366 g/mol. The molecule has 1 fully saturated rings. The summed E-state index contributed by atoms with van der Waals surface area (Å²) in [5.74, 6) is 0.241. The largest absolute Gasteiger partial charge is 0.348 e. The van der Waals surface area contributed by atoms with E-state index in [1.165, 1.54) is 19.8 Å². The van der Waals surface area contributed by atoms with E-state index in [1.54, 1.807) is 30.3 Å². The second-order valence-corrected chi connectivity index (χ2v) is 7.14. The van der Waals surface area contributed by atoms with E-state index in [1.807, 2.05) is 6.92 Å². The van der Waals surface area contributed by atoms with E-state index in [-0.39, 0.29) is 17.7 Å². The summed E-state index contributed by atoms with van der Waals surface area (Å²) in [4.78, 5) is 32.7. The average molecular weight is 366 g/mol. The van der Waals surface area contributed by atoms with Crippen molar-refractivity contribution in [2.75, 3.05) is 5.32 Å². The number of hydrogen-bond donors (Lipinski definition) is 2. The first kappa shape index (κ1) is 19.0. The molecular weight excluding hydrogens is 340 g/mol. The number of amides is 1. The quantitative estimate of drug-likeness (QED) is 0.612. The third kappa shape index (κ3) is 5.36. The fourth-order valence-corrected chi connectivity index (χ4v) is 3.34. The molecule has 0 saturated heterocycles. The summed E-state index contributed by atoms with van der Waals surface area (Å²) < 4.78 is 0. The van der Waals surface area contributed by atoms with Crippen molar-refractivity contribution >= 4 is 23.3 Å². The first-order valence-corrected chi connectivity index (χ1v) is 9.56. The van der Waals surface area contributed by atoms with Crippen LogP contribution in [0.2, 0.25) is 0 Å². The Labute approximate surface area is 159 Å². The van der Waals surface area contributed by atoms with Crippen LogP contribution in [0.3, 0.4) is 0 Å². The van der Waals surface area contributed by atoms with E-state index in [0.717, 1.165) is 37.1 Å². The van der Waals surface area contributed by atoms with Crippen molar-refractivity contribution in [2.45, 2.75) is 58.4 Å². The number of carbonyl (C=O) groups excluding carboxylic acids is 2. The minimum Gasteiger partial charge on any atom is -0.348 e. The molecule has 0 atom stereocenters. The molecule has 2 aromatic rings. The van der Waals surface area contributed by atoms with Crippen LogP contribution in [-0.4, -0.2) is 27.7 Å². The predicted octanol–water partition coefficient (Wildman–Crippen LogP) is 4.18. The van der Waals surface area contributed by atoms with Gasteiger partial charge in [0.25, 0.3) is 5.91 Å². The average Bonchev–Trinajstić information content (AvgIpc) is 2.90. The van der Waals surface area contributed by atoms with Crippen molar-refractivity contribution in [3.05, 3.63) is 47.3 Å². The maximum absolute atomic E-state index is 12.6. The van der Waals surface area contributed by atoms with E-state index < -0.39 is 0 Å². The number of hydrogen-bond acceptors (Lipinski definition) is 5. The molecule has 6 heteroatoms. The lowest BCUT2D eigenvalue weighted by atomic mass is 10.1. The van der Waals surface area contributed by atoms with Gasteiger partial charge in [-0.1, -0.05) is 25.7 Å². The molecular formula is C21H26N4O2. The number of benzene rings is 1. The SMILES string of the molecule is CC(=O)c1ccc(Nc2nc(C)cc(C(=O)NC3CCCCCC3)n2)cc1. The van der Waals surface area contributed by atoms with Crippen LogP contribution in [-0.2, 0) is 0 Å². The van der Waals surface area contributed by atoms with Crippen LogP contribution in [0.5, 0.6) is 0 Å². The van der Waals surface area contributed by atoms with Crippen molar-refractivity contribution in [3.63, 3.8) is 0 Å². The van der Waals surface area contributed by atoms with Gasteiger partial charge in [0.1, 0.15) is 5.69 Å². The standard InChI is InChI=1S/C21H26N4O2/c1-14-13-19(20(27)23-17-7-5-3-4-6-8-17)25-21(22-14)24-18-11-9-16(10-12-18)15(2)26/h9-13,17H,3-8H2,1-2H3,(H,23,27)(H,22,24,25). The van der Waals surface area contributed by atoms with Crippen molar-refractivity contribution in [3.8, 4) is 0 Å². The van der Waals surface area contributed by atoms with Crippen molar-refractivity contribution in [2.24, 2.45) is 0 Å². The molecule has 0 unspecified atom stereocenters. The maximum atomic E-state index is 12.6. The molecule has 0 aliphatic heterocycles. The summed E-state index contributed by atoms with van der Waals surface area (Å²) in [6.45, 7) is 3.37. The molecule has 1 aliphatic rings. The molecule has 2 N–H and O–H groups in total. The molecule has 1 saturated carbocycles. The molecule has 142 valence electrons. The Morgan fingerprint density at radius 1 is 1.00 bits per heavy atom. The van der Waals surface area contributed by atoms with Crippen LogP contribution in [0.15, 0.2) is 30.3 Å². The topological polar surface area (TPSA) is 84.0 Å². The molecule has 3 rings (SSSR count). The molecule has 1 aromatic heterocycles. The highest BCUT2D eigenvalue weighted by Crippen LogP contribution is 2.18. The number of Topliss-reactive ketones (excluding diaryl/α,β-unsaturated/α-hetero) is 1. The zero-order valence-corrected chi connectivity index (χ0v) is 15.9. The summed E-state index contributed by atoms with van der Waals surface area (Å²) in [7, 11) is 0. The first-order valence-electron chi connectivity index (χ1n) is 9.56. The molecule has 0 spiro atoms. The minimum absolute atomic E-state index is 0.0193. The number of nitrogens with one attached hydrogen (secondary N) is 2. The summed E-state index contributed by atoms with van der Waals surface area (Å²) in [6.07, 6.45) is 6.88. The highest BCUT2D eigenvalue weighted by atomic mass is 16.2. The van der Waals surface area contributed by atoms with Gasteiger partial charge in [-0.15, -0.1) is 0 Å². The lowest BCUT2D eigenvalue weighted by Gasteiger charge is -2.16.